The highest BCUT2D eigenvalue weighted by atomic mass is 16.5. The normalized spacial score (nSPS) is 19.3. The molecule has 0 radical (unpaired) electrons. The Balaban J connectivity index is 1.40. The molecule has 5 rings (SSSR count). The van der Waals surface area contributed by atoms with Gasteiger partial charge >= 0.3 is 0 Å². The van der Waals surface area contributed by atoms with Gasteiger partial charge in [0.25, 0.3) is 0 Å². The lowest BCUT2D eigenvalue weighted by Crippen LogP contribution is -2.38. The Morgan fingerprint density at radius 3 is 3.00 bits per heavy atom. The molecule has 0 amide bonds. The Morgan fingerprint density at radius 1 is 1.19 bits per heavy atom. The lowest BCUT2D eigenvalue weighted by molar-refractivity contribution is 0.104. The lowest BCUT2D eigenvalue weighted by atomic mass is 9.81. The molecule has 0 saturated heterocycles. The summed E-state index contributed by atoms with van der Waals surface area (Å²) in [5, 5.41) is 9.18. The predicted octanol–water partition coefficient (Wildman–Crippen LogP) is 3.78. The Hall–Kier alpha value is -2.99. The molecular weight excluding hydrogens is 338 g/mol. The summed E-state index contributed by atoms with van der Waals surface area (Å²) in [6.07, 6.45) is 7.91. The monoisotopic (exact) mass is 359 g/mol. The second kappa shape index (κ2) is 6.63. The van der Waals surface area contributed by atoms with E-state index in [1.54, 1.807) is 7.11 Å². The number of anilines is 1. The fraction of sp³-hybridized carbons (Fsp3) is 0.286. The molecule has 4 aromatic rings. The number of methoxy groups -OCH3 is 1. The minimum absolute atomic E-state index is 0.436. The van der Waals surface area contributed by atoms with Crippen LogP contribution in [0.5, 0.6) is 0 Å². The van der Waals surface area contributed by atoms with E-state index in [0.29, 0.717) is 17.9 Å². The fourth-order valence-corrected chi connectivity index (χ4v) is 3.86. The first kappa shape index (κ1) is 16.2. The first-order valence-electron chi connectivity index (χ1n) is 9.25. The summed E-state index contributed by atoms with van der Waals surface area (Å²) in [6, 6.07) is 12.9. The molecule has 0 aliphatic heterocycles. The summed E-state index contributed by atoms with van der Waals surface area (Å²) in [5.41, 5.74) is 4.26. The van der Waals surface area contributed by atoms with Crippen molar-refractivity contribution < 1.29 is 4.74 Å². The number of rotatable bonds is 5. The molecule has 1 fully saturated rings. The van der Waals surface area contributed by atoms with E-state index in [2.05, 4.69) is 50.7 Å². The Labute approximate surface area is 157 Å². The second-order valence-corrected chi connectivity index (χ2v) is 7.19. The van der Waals surface area contributed by atoms with E-state index in [9.17, 15) is 0 Å². The van der Waals surface area contributed by atoms with Crippen LogP contribution in [-0.2, 0) is 4.74 Å². The Bertz CT molecular complexity index is 1100. The van der Waals surface area contributed by atoms with Crippen LogP contribution in [0.15, 0.2) is 55.0 Å². The van der Waals surface area contributed by atoms with E-state index < -0.39 is 0 Å². The number of pyridine rings is 1. The summed E-state index contributed by atoms with van der Waals surface area (Å²) in [5.74, 6) is 1.32. The van der Waals surface area contributed by atoms with E-state index in [1.807, 2.05) is 29.2 Å². The zero-order valence-electron chi connectivity index (χ0n) is 15.2. The summed E-state index contributed by atoms with van der Waals surface area (Å²) >= 11 is 0. The molecule has 1 aliphatic rings. The topological polar surface area (TPSA) is 64.3 Å². The molecule has 1 saturated carbocycles. The first-order valence-corrected chi connectivity index (χ1v) is 9.25. The van der Waals surface area contributed by atoms with Crippen molar-refractivity contribution in [2.75, 3.05) is 19.0 Å². The van der Waals surface area contributed by atoms with E-state index in [-0.39, 0.29) is 0 Å². The van der Waals surface area contributed by atoms with Gasteiger partial charge < -0.3 is 10.1 Å². The highest BCUT2D eigenvalue weighted by Crippen LogP contribution is 2.30. The van der Waals surface area contributed by atoms with E-state index in [0.717, 1.165) is 47.0 Å². The lowest BCUT2D eigenvalue weighted by Gasteiger charge is -2.35. The molecule has 3 aromatic heterocycles. The molecule has 0 unspecified atom stereocenters. The van der Waals surface area contributed by atoms with E-state index >= 15 is 0 Å². The number of nitrogens with one attached hydrogen (secondary N) is 1. The van der Waals surface area contributed by atoms with Crippen LogP contribution in [0.2, 0.25) is 0 Å². The average Bonchev–Trinajstić information content (AvgIpc) is 3.09. The molecule has 27 heavy (non-hydrogen) atoms. The summed E-state index contributed by atoms with van der Waals surface area (Å²) in [6.45, 7) is 0.834. The van der Waals surface area contributed by atoms with Gasteiger partial charge in [-0.25, -0.2) is 9.50 Å². The van der Waals surface area contributed by atoms with Gasteiger partial charge in [0, 0.05) is 43.1 Å². The molecule has 1 aromatic carbocycles. The SMILES string of the molecule is COCC1CC(Nc2ncc3c(-c4ccc5ncccc5c4)ccn3n2)C1. The van der Waals surface area contributed by atoms with Gasteiger partial charge in [0.1, 0.15) is 0 Å². The van der Waals surface area contributed by atoms with E-state index in [1.165, 1.54) is 0 Å². The number of benzene rings is 1. The van der Waals surface area contributed by atoms with Gasteiger partial charge in [-0.15, -0.1) is 5.10 Å². The zero-order chi connectivity index (χ0) is 18.2. The second-order valence-electron chi connectivity index (χ2n) is 7.19. The summed E-state index contributed by atoms with van der Waals surface area (Å²) in [7, 11) is 1.76. The van der Waals surface area contributed by atoms with Crippen molar-refractivity contribution in [2.24, 2.45) is 5.92 Å². The molecule has 0 atom stereocenters. The minimum atomic E-state index is 0.436. The molecule has 3 heterocycles. The molecular formula is C21H21N5O. The molecule has 1 N–H and O–H groups in total. The van der Waals surface area contributed by atoms with Gasteiger partial charge in [-0.3, -0.25) is 4.98 Å². The summed E-state index contributed by atoms with van der Waals surface area (Å²) in [4.78, 5) is 8.92. The van der Waals surface area contributed by atoms with Crippen molar-refractivity contribution in [1.29, 1.82) is 0 Å². The van der Waals surface area contributed by atoms with Gasteiger partial charge in [-0.05, 0) is 48.6 Å². The largest absolute Gasteiger partial charge is 0.384 e. The number of ether oxygens (including phenoxy) is 1. The van der Waals surface area contributed by atoms with Crippen LogP contribution in [0.4, 0.5) is 5.95 Å². The Morgan fingerprint density at radius 2 is 2.11 bits per heavy atom. The highest BCUT2D eigenvalue weighted by Gasteiger charge is 2.29. The first-order chi connectivity index (χ1) is 13.3. The number of nitrogens with zero attached hydrogens (tertiary/aromatic N) is 4. The smallest absolute Gasteiger partial charge is 0.241 e. The number of aromatic nitrogens is 4. The third-order valence-electron chi connectivity index (χ3n) is 5.30. The van der Waals surface area contributed by atoms with Crippen LogP contribution in [-0.4, -0.2) is 39.3 Å². The zero-order valence-corrected chi connectivity index (χ0v) is 15.2. The number of hydrogen-bond donors (Lipinski definition) is 1. The van der Waals surface area contributed by atoms with E-state index in [4.69, 9.17) is 4.74 Å². The van der Waals surface area contributed by atoms with Gasteiger partial charge in [-0.2, -0.15) is 0 Å². The van der Waals surface area contributed by atoms with Gasteiger partial charge in [0.15, 0.2) is 0 Å². The third kappa shape index (κ3) is 3.02. The van der Waals surface area contributed by atoms with Crippen LogP contribution in [0, 0.1) is 5.92 Å². The molecule has 0 spiro atoms. The molecule has 0 bridgehead atoms. The maximum absolute atomic E-state index is 5.21. The van der Waals surface area contributed by atoms with Gasteiger partial charge in [0.2, 0.25) is 5.95 Å². The number of fused-ring (bicyclic) bond motifs is 2. The maximum atomic E-state index is 5.21. The number of hydrogen-bond acceptors (Lipinski definition) is 5. The minimum Gasteiger partial charge on any atom is -0.384 e. The quantitative estimate of drug-likeness (QED) is 0.587. The van der Waals surface area contributed by atoms with Gasteiger partial charge in [-0.1, -0.05) is 12.1 Å². The maximum Gasteiger partial charge on any atom is 0.241 e. The van der Waals surface area contributed by atoms with Crippen molar-refractivity contribution in [3.8, 4) is 11.1 Å². The van der Waals surface area contributed by atoms with Crippen LogP contribution >= 0.6 is 0 Å². The molecule has 6 heteroatoms. The Kier molecular flexibility index (Phi) is 3.98. The standard InChI is InChI=1S/C21H21N5O/c1-27-13-14-9-17(10-14)24-21-23-12-20-18(6-8-26(20)25-21)15-4-5-19-16(11-15)3-2-7-22-19/h2-8,11-12,14,17H,9-10,13H2,1H3,(H,24,25). The van der Waals surface area contributed by atoms with Gasteiger partial charge in [0.05, 0.1) is 17.2 Å². The third-order valence-corrected chi connectivity index (χ3v) is 5.30. The van der Waals surface area contributed by atoms with Crippen molar-refractivity contribution in [2.45, 2.75) is 18.9 Å². The van der Waals surface area contributed by atoms with Crippen molar-refractivity contribution in [1.82, 2.24) is 19.6 Å². The molecule has 1 aliphatic carbocycles. The fourth-order valence-electron chi connectivity index (χ4n) is 3.86. The average molecular weight is 359 g/mol. The van der Waals surface area contributed by atoms with Crippen molar-refractivity contribution >= 4 is 22.4 Å². The predicted molar refractivity (Wildman–Crippen MR) is 106 cm³/mol. The van der Waals surface area contributed by atoms with Crippen LogP contribution in [0.3, 0.4) is 0 Å². The molecule has 136 valence electrons. The molecule has 6 nitrogen and oxygen atoms in total. The van der Waals surface area contributed by atoms with Crippen molar-refractivity contribution in [3.05, 3.63) is 55.0 Å². The van der Waals surface area contributed by atoms with Crippen LogP contribution < -0.4 is 5.32 Å². The van der Waals surface area contributed by atoms with Crippen LogP contribution in [0.1, 0.15) is 12.8 Å². The van der Waals surface area contributed by atoms with Crippen molar-refractivity contribution in [3.63, 3.8) is 0 Å². The summed E-state index contributed by atoms with van der Waals surface area (Å²) < 4.78 is 7.10. The highest BCUT2D eigenvalue weighted by molar-refractivity contribution is 5.88. The van der Waals surface area contributed by atoms with Crippen LogP contribution in [0.25, 0.3) is 27.5 Å².